The van der Waals surface area contributed by atoms with Gasteiger partial charge >= 0.3 is 0 Å². The summed E-state index contributed by atoms with van der Waals surface area (Å²) >= 11 is 0. The summed E-state index contributed by atoms with van der Waals surface area (Å²) in [4.78, 5) is 6.29. The maximum Gasteiger partial charge on any atom is 0.145 e. The number of anilines is 1. The summed E-state index contributed by atoms with van der Waals surface area (Å²) in [7, 11) is 0. The smallest absolute Gasteiger partial charge is 0.145 e. The Kier molecular flexibility index (Phi) is 2.53. The third kappa shape index (κ3) is 2.08. The van der Waals surface area contributed by atoms with Crippen molar-refractivity contribution >= 4 is 5.69 Å². The van der Waals surface area contributed by atoms with E-state index in [0.717, 1.165) is 22.9 Å². The van der Waals surface area contributed by atoms with Crippen molar-refractivity contribution in [3.05, 3.63) is 54.9 Å². The molecule has 0 aliphatic carbocycles. The number of nitrogens with two attached hydrogens (primary N) is 1. The molecule has 2 aromatic heterocycles. The van der Waals surface area contributed by atoms with Crippen molar-refractivity contribution in [1.82, 2.24) is 9.97 Å². The molecule has 0 fully saturated rings. The van der Waals surface area contributed by atoms with E-state index in [2.05, 4.69) is 9.97 Å². The fourth-order valence-electron chi connectivity index (χ4n) is 1.80. The maximum absolute atomic E-state index is 5.71. The van der Waals surface area contributed by atoms with Crippen molar-refractivity contribution in [2.75, 3.05) is 5.73 Å². The lowest BCUT2D eigenvalue weighted by atomic mass is 10.3. The minimum absolute atomic E-state index is 0.688. The molecule has 0 unspecified atom stereocenters. The summed E-state index contributed by atoms with van der Waals surface area (Å²) in [5.74, 6) is 1.48. The zero-order chi connectivity index (χ0) is 12.4. The molecule has 4 nitrogen and oxygen atoms in total. The summed E-state index contributed by atoms with van der Waals surface area (Å²) in [5.41, 5.74) is 8.40. The second-order valence-corrected chi connectivity index (χ2v) is 4.01. The first-order valence-corrected chi connectivity index (χ1v) is 5.67. The Labute approximate surface area is 104 Å². The van der Waals surface area contributed by atoms with Crippen molar-refractivity contribution in [1.29, 1.82) is 0 Å². The predicted octanol–water partition coefficient (Wildman–Crippen LogP) is 3.38. The molecule has 0 spiro atoms. The van der Waals surface area contributed by atoms with Crippen molar-refractivity contribution in [3.63, 3.8) is 0 Å². The van der Waals surface area contributed by atoms with Crippen LogP contribution < -0.4 is 10.5 Å². The zero-order valence-corrected chi connectivity index (χ0v) is 9.68. The van der Waals surface area contributed by atoms with Gasteiger partial charge in [0.05, 0.1) is 11.4 Å². The van der Waals surface area contributed by atoms with E-state index in [1.54, 1.807) is 6.07 Å². The lowest BCUT2D eigenvalue weighted by Crippen LogP contribution is -1.86. The Morgan fingerprint density at radius 2 is 1.83 bits per heavy atom. The molecular weight excluding hydrogens is 226 g/mol. The number of benzene rings is 1. The van der Waals surface area contributed by atoms with Crippen LogP contribution in [-0.2, 0) is 0 Å². The molecule has 1 aromatic carbocycles. The number of ether oxygens (including phenoxy) is 1. The van der Waals surface area contributed by atoms with Gasteiger partial charge in [-0.3, -0.25) is 0 Å². The van der Waals surface area contributed by atoms with Crippen molar-refractivity contribution < 1.29 is 4.74 Å². The number of H-pyrrole nitrogens is 2. The van der Waals surface area contributed by atoms with Crippen LogP contribution in [0.15, 0.2) is 54.9 Å². The average Bonchev–Trinajstić information content (AvgIpc) is 2.98. The number of aromatic nitrogens is 2. The normalized spacial score (nSPS) is 10.4. The highest BCUT2D eigenvalue weighted by Gasteiger charge is 2.04. The van der Waals surface area contributed by atoms with Gasteiger partial charge in [-0.25, -0.2) is 0 Å². The van der Waals surface area contributed by atoms with Crippen molar-refractivity contribution in [2.45, 2.75) is 0 Å². The van der Waals surface area contributed by atoms with Crippen LogP contribution in [0.1, 0.15) is 0 Å². The lowest BCUT2D eigenvalue weighted by molar-refractivity contribution is 0.484. The monoisotopic (exact) mass is 239 g/mol. The Morgan fingerprint density at radius 1 is 0.889 bits per heavy atom. The van der Waals surface area contributed by atoms with Crippen LogP contribution in [-0.4, -0.2) is 9.97 Å². The highest BCUT2D eigenvalue weighted by atomic mass is 16.5. The van der Waals surface area contributed by atoms with Gasteiger partial charge in [0.15, 0.2) is 0 Å². The van der Waals surface area contributed by atoms with Gasteiger partial charge in [-0.15, -0.1) is 0 Å². The third-order valence-electron chi connectivity index (χ3n) is 2.64. The molecule has 0 atom stereocenters. The fourth-order valence-corrected chi connectivity index (χ4v) is 1.80. The van der Waals surface area contributed by atoms with Crippen LogP contribution in [0.3, 0.4) is 0 Å². The van der Waals surface area contributed by atoms with Gasteiger partial charge in [0, 0.05) is 30.2 Å². The van der Waals surface area contributed by atoms with E-state index in [0.29, 0.717) is 5.69 Å². The van der Waals surface area contributed by atoms with E-state index in [4.69, 9.17) is 10.5 Å². The molecule has 0 aliphatic rings. The van der Waals surface area contributed by atoms with Gasteiger partial charge in [-0.05, 0) is 24.3 Å². The Bertz CT molecular complexity index is 641. The minimum atomic E-state index is 0.688. The Morgan fingerprint density at radius 3 is 2.61 bits per heavy atom. The van der Waals surface area contributed by atoms with Gasteiger partial charge in [0.1, 0.15) is 11.5 Å². The number of nitrogen functional groups attached to an aromatic ring is 1. The standard InChI is InChI=1S/C14H13N3O/c15-10-3-1-4-11(7-10)18-12-8-14(17-9-12)13-5-2-6-16-13/h1-9,16-17H,15H2. The zero-order valence-electron chi connectivity index (χ0n) is 9.68. The largest absolute Gasteiger partial charge is 0.456 e. The molecule has 3 rings (SSSR count). The second-order valence-electron chi connectivity index (χ2n) is 4.01. The summed E-state index contributed by atoms with van der Waals surface area (Å²) in [6, 6.07) is 13.2. The predicted molar refractivity (Wildman–Crippen MR) is 71.5 cm³/mol. The van der Waals surface area contributed by atoms with E-state index >= 15 is 0 Å². The van der Waals surface area contributed by atoms with E-state index in [1.807, 2.05) is 48.8 Å². The SMILES string of the molecule is Nc1cccc(Oc2c[nH]c(-c3ccc[nH]3)c2)c1. The lowest BCUT2D eigenvalue weighted by Gasteiger charge is -2.02. The maximum atomic E-state index is 5.71. The highest BCUT2D eigenvalue weighted by molar-refractivity contribution is 5.57. The molecule has 18 heavy (non-hydrogen) atoms. The van der Waals surface area contributed by atoms with E-state index in [1.165, 1.54) is 0 Å². The molecule has 3 aromatic rings. The van der Waals surface area contributed by atoms with Crippen molar-refractivity contribution in [3.8, 4) is 22.9 Å². The molecule has 0 aliphatic heterocycles. The van der Waals surface area contributed by atoms with Crippen LogP contribution in [0.5, 0.6) is 11.5 Å². The molecule has 0 saturated carbocycles. The van der Waals surface area contributed by atoms with Crippen LogP contribution in [0.2, 0.25) is 0 Å². The topological polar surface area (TPSA) is 66.8 Å². The van der Waals surface area contributed by atoms with Gasteiger partial charge in [-0.2, -0.15) is 0 Å². The summed E-state index contributed by atoms with van der Waals surface area (Å²) in [6.45, 7) is 0. The number of rotatable bonds is 3. The van der Waals surface area contributed by atoms with E-state index in [-0.39, 0.29) is 0 Å². The second kappa shape index (κ2) is 4.33. The Balaban J connectivity index is 1.82. The van der Waals surface area contributed by atoms with Crippen LogP contribution in [0, 0.1) is 0 Å². The van der Waals surface area contributed by atoms with Crippen LogP contribution in [0.4, 0.5) is 5.69 Å². The summed E-state index contributed by atoms with van der Waals surface area (Å²) in [5, 5.41) is 0. The average molecular weight is 239 g/mol. The quantitative estimate of drug-likeness (QED) is 0.613. The molecule has 90 valence electrons. The van der Waals surface area contributed by atoms with Gasteiger partial charge in [-0.1, -0.05) is 6.07 Å². The molecular formula is C14H13N3O. The fraction of sp³-hybridized carbons (Fsp3) is 0. The molecule has 4 heteroatoms. The van der Waals surface area contributed by atoms with Crippen molar-refractivity contribution in [2.24, 2.45) is 0 Å². The van der Waals surface area contributed by atoms with Gasteiger partial charge < -0.3 is 20.4 Å². The number of hydrogen-bond donors (Lipinski definition) is 3. The first-order valence-electron chi connectivity index (χ1n) is 5.67. The third-order valence-corrected chi connectivity index (χ3v) is 2.64. The number of nitrogens with one attached hydrogen (secondary N) is 2. The molecule has 0 radical (unpaired) electrons. The summed E-state index contributed by atoms with van der Waals surface area (Å²) < 4.78 is 5.71. The van der Waals surface area contributed by atoms with Crippen LogP contribution in [0.25, 0.3) is 11.4 Å². The number of aromatic amines is 2. The van der Waals surface area contributed by atoms with E-state index < -0.39 is 0 Å². The van der Waals surface area contributed by atoms with Crippen LogP contribution >= 0.6 is 0 Å². The molecule has 4 N–H and O–H groups in total. The molecule has 0 bridgehead atoms. The summed E-state index contributed by atoms with van der Waals surface area (Å²) in [6.07, 6.45) is 3.70. The molecule has 0 amide bonds. The first-order chi connectivity index (χ1) is 8.81. The first kappa shape index (κ1) is 10.5. The van der Waals surface area contributed by atoms with Gasteiger partial charge in [0.2, 0.25) is 0 Å². The van der Waals surface area contributed by atoms with Gasteiger partial charge in [0.25, 0.3) is 0 Å². The molecule has 0 saturated heterocycles. The number of hydrogen-bond acceptors (Lipinski definition) is 2. The van der Waals surface area contributed by atoms with E-state index in [9.17, 15) is 0 Å². The minimum Gasteiger partial charge on any atom is -0.456 e. The molecule has 2 heterocycles. The Hall–Kier alpha value is -2.62. The highest BCUT2D eigenvalue weighted by Crippen LogP contribution is 2.26.